The Morgan fingerprint density at radius 3 is 2.67 bits per heavy atom. The zero-order valence-corrected chi connectivity index (χ0v) is 11.7. The van der Waals surface area contributed by atoms with Crippen molar-refractivity contribution < 1.29 is 9.84 Å². The molecule has 0 spiro atoms. The van der Waals surface area contributed by atoms with Gasteiger partial charge in [-0.1, -0.05) is 39.0 Å². The second-order valence-electron chi connectivity index (χ2n) is 6.34. The number of ether oxygens (including phenoxy) is 1. The molecule has 2 atom stereocenters. The molecule has 0 aliphatic carbocycles. The highest BCUT2D eigenvalue weighted by molar-refractivity contribution is 5.37. The van der Waals surface area contributed by atoms with E-state index in [2.05, 4.69) is 32.7 Å². The van der Waals surface area contributed by atoms with Crippen molar-refractivity contribution in [3.8, 4) is 5.75 Å². The monoisotopic (exact) mass is 249 g/mol. The summed E-state index contributed by atoms with van der Waals surface area (Å²) < 4.78 is 5.74. The van der Waals surface area contributed by atoms with E-state index in [9.17, 15) is 5.11 Å². The van der Waals surface area contributed by atoms with Gasteiger partial charge in [0.15, 0.2) is 0 Å². The lowest BCUT2D eigenvalue weighted by Gasteiger charge is -2.38. The number of likely N-dealkylation sites (N-methyl/N-ethyl adjacent to an activating group) is 1. The Kier molecular flexibility index (Phi) is 3.64. The number of benzene rings is 1. The van der Waals surface area contributed by atoms with E-state index in [1.807, 2.05) is 24.3 Å². The van der Waals surface area contributed by atoms with E-state index in [1.54, 1.807) is 0 Å². The van der Waals surface area contributed by atoms with Gasteiger partial charge in [-0.3, -0.25) is 4.90 Å². The summed E-state index contributed by atoms with van der Waals surface area (Å²) in [5, 5.41) is 10.5. The molecule has 1 aromatic rings. The lowest BCUT2D eigenvalue weighted by molar-refractivity contribution is 0.00342. The van der Waals surface area contributed by atoms with Crippen LogP contribution in [0.5, 0.6) is 5.75 Å². The molecule has 0 bridgehead atoms. The molecule has 2 rings (SSSR count). The van der Waals surface area contributed by atoms with Gasteiger partial charge in [-0.05, 0) is 18.5 Å². The SMILES string of the molecule is CN(CC(C)(C)C)C1COc2ccccc2C1O. The molecule has 1 aliphatic rings. The maximum absolute atomic E-state index is 10.5. The van der Waals surface area contributed by atoms with E-state index in [0.717, 1.165) is 17.9 Å². The summed E-state index contributed by atoms with van der Waals surface area (Å²) in [5.41, 5.74) is 1.11. The van der Waals surface area contributed by atoms with Gasteiger partial charge in [-0.15, -0.1) is 0 Å². The van der Waals surface area contributed by atoms with Gasteiger partial charge in [0, 0.05) is 12.1 Å². The normalized spacial score (nSPS) is 23.7. The average molecular weight is 249 g/mol. The number of nitrogens with zero attached hydrogens (tertiary/aromatic N) is 1. The first-order valence-corrected chi connectivity index (χ1v) is 6.48. The van der Waals surface area contributed by atoms with Crippen LogP contribution in [0.15, 0.2) is 24.3 Å². The summed E-state index contributed by atoms with van der Waals surface area (Å²) in [6.07, 6.45) is -0.470. The van der Waals surface area contributed by atoms with Crippen LogP contribution in [0, 0.1) is 5.41 Å². The molecule has 1 N–H and O–H groups in total. The van der Waals surface area contributed by atoms with E-state index >= 15 is 0 Å². The highest BCUT2D eigenvalue weighted by atomic mass is 16.5. The molecule has 1 aliphatic heterocycles. The van der Waals surface area contributed by atoms with Crippen LogP contribution in [-0.2, 0) is 0 Å². The van der Waals surface area contributed by atoms with E-state index in [1.165, 1.54) is 0 Å². The first-order chi connectivity index (χ1) is 8.38. The van der Waals surface area contributed by atoms with Crippen LogP contribution in [-0.4, -0.2) is 36.2 Å². The van der Waals surface area contributed by atoms with Crippen molar-refractivity contribution >= 4 is 0 Å². The van der Waals surface area contributed by atoms with Gasteiger partial charge in [-0.25, -0.2) is 0 Å². The fraction of sp³-hybridized carbons (Fsp3) is 0.600. The third-order valence-electron chi connectivity index (χ3n) is 3.30. The second-order valence-corrected chi connectivity index (χ2v) is 6.34. The van der Waals surface area contributed by atoms with Gasteiger partial charge >= 0.3 is 0 Å². The second kappa shape index (κ2) is 4.90. The molecule has 1 heterocycles. The third-order valence-corrected chi connectivity index (χ3v) is 3.30. The Morgan fingerprint density at radius 2 is 2.00 bits per heavy atom. The Bertz CT molecular complexity index is 411. The van der Waals surface area contributed by atoms with Gasteiger partial charge in [-0.2, -0.15) is 0 Å². The lowest BCUT2D eigenvalue weighted by atomic mass is 9.93. The molecule has 0 radical (unpaired) electrons. The summed E-state index contributed by atoms with van der Waals surface area (Å²) in [6.45, 7) is 8.08. The maximum Gasteiger partial charge on any atom is 0.125 e. The molecular formula is C15H23NO2. The third kappa shape index (κ3) is 2.85. The molecule has 0 saturated heterocycles. The minimum absolute atomic E-state index is 0.0270. The highest BCUT2D eigenvalue weighted by Gasteiger charge is 2.33. The van der Waals surface area contributed by atoms with E-state index in [0.29, 0.717) is 6.61 Å². The maximum atomic E-state index is 10.5. The van der Waals surface area contributed by atoms with Crippen LogP contribution in [0.25, 0.3) is 0 Å². The lowest BCUT2D eigenvalue weighted by Crippen LogP contribution is -2.46. The van der Waals surface area contributed by atoms with Gasteiger partial charge in [0.05, 0.1) is 6.04 Å². The minimum atomic E-state index is -0.470. The molecule has 2 unspecified atom stereocenters. The number of aliphatic hydroxyl groups is 1. The van der Waals surface area contributed by atoms with Crippen LogP contribution in [0.2, 0.25) is 0 Å². The van der Waals surface area contributed by atoms with Crippen molar-refractivity contribution in [3.05, 3.63) is 29.8 Å². The smallest absolute Gasteiger partial charge is 0.125 e. The van der Waals surface area contributed by atoms with Gasteiger partial charge in [0.25, 0.3) is 0 Å². The largest absolute Gasteiger partial charge is 0.491 e. The molecule has 3 nitrogen and oxygen atoms in total. The molecule has 3 heteroatoms. The quantitative estimate of drug-likeness (QED) is 0.874. The number of para-hydroxylation sites is 1. The van der Waals surface area contributed by atoms with Crippen molar-refractivity contribution in [3.63, 3.8) is 0 Å². The molecule has 0 amide bonds. The molecule has 1 aromatic carbocycles. The zero-order chi connectivity index (χ0) is 13.3. The fourth-order valence-corrected chi connectivity index (χ4v) is 2.56. The van der Waals surface area contributed by atoms with Gasteiger partial charge in [0.1, 0.15) is 18.5 Å². The predicted octanol–water partition coefficient (Wildman–Crippen LogP) is 2.46. The van der Waals surface area contributed by atoms with Crippen molar-refractivity contribution in [2.45, 2.75) is 32.9 Å². The van der Waals surface area contributed by atoms with E-state index in [4.69, 9.17) is 4.74 Å². The first-order valence-electron chi connectivity index (χ1n) is 6.48. The molecule has 0 fully saturated rings. The first kappa shape index (κ1) is 13.4. The number of rotatable bonds is 2. The summed E-state index contributed by atoms with van der Waals surface area (Å²) in [6, 6.07) is 7.76. The molecule has 0 saturated carbocycles. The highest BCUT2D eigenvalue weighted by Crippen LogP contribution is 2.34. The number of hydrogen-bond donors (Lipinski definition) is 1. The van der Waals surface area contributed by atoms with Gasteiger partial charge < -0.3 is 9.84 Å². The van der Waals surface area contributed by atoms with E-state index < -0.39 is 6.10 Å². The summed E-state index contributed by atoms with van der Waals surface area (Å²) in [4.78, 5) is 2.20. The molecule has 100 valence electrons. The van der Waals surface area contributed by atoms with Crippen LogP contribution in [0.4, 0.5) is 0 Å². The Hall–Kier alpha value is -1.06. The van der Waals surface area contributed by atoms with Crippen molar-refractivity contribution in [1.82, 2.24) is 4.90 Å². The molecule has 18 heavy (non-hydrogen) atoms. The van der Waals surface area contributed by atoms with E-state index in [-0.39, 0.29) is 11.5 Å². The number of hydrogen-bond acceptors (Lipinski definition) is 3. The number of fused-ring (bicyclic) bond motifs is 1. The summed E-state index contributed by atoms with van der Waals surface area (Å²) in [7, 11) is 2.05. The van der Waals surface area contributed by atoms with Crippen molar-refractivity contribution in [2.75, 3.05) is 20.2 Å². The minimum Gasteiger partial charge on any atom is -0.491 e. The van der Waals surface area contributed by atoms with Crippen molar-refractivity contribution in [2.24, 2.45) is 5.41 Å². The molecule has 0 aromatic heterocycles. The Morgan fingerprint density at radius 1 is 1.33 bits per heavy atom. The zero-order valence-electron chi connectivity index (χ0n) is 11.7. The van der Waals surface area contributed by atoms with Crippen LogP contribution < -0.4 is 4.74 Å². The van der Waals surface area contributed by atoms with Crippen LogP contribution >= 0.6 is 0 Å². The standard InChI is InChI=1S/C15H23NO2/c1-15(2,3)10-16(4)12-9-18-13-8-6-5-7-11(13)14(12)17/h5-8,12,14,17H,9-10H2,1-4H3. The van der Waals surface area contributed by atoms with Crippen molar-refractivity contribution in [1.29, 1.82) is 0 Å². The van der Waals surface area contributed by atoms with Crippen LogP contribution in [0.1, 0.15) is 32.4 Å². The molecular weight excluding hydrogens is 226 g/mol. The summed E-state index contributed by atoms with van der Waals surface area (Å²) >= 11 is 0. The van der Waals surface area contributed by atoms with Crippen LogP contribution in [0.3, 0.4) is 0 Å². The average Bonchev–Trinajstić information content (AvgIpc) is 2.27. The fourth-order valence-electron chi connectivity index (χ4n) is 2.56. The Balaban J connectivity index is 2.14. The topological polar surface area (TPSA) is 32.7 Å². The Labute approximate surface area is 109 Å². The summed E-state index contributed by atoms with van der Waals surface area (Å²) in [5.74, 6) is 0.811. The predicted molar refractivity (Wildman–Crippen MR) is 72.8 cm³/mol. The van der Waals surface area contributed by atoms with Gasteiger partial charge in [0.2, 0.25) is 0 Å². The number of aliphatic hydroxyl groups excluding tert-OH is 1.